The van der Waals surface area contributed by atoms with Crippen molar-refractivity contribution in [1.82, 2.24) is 4.90 Å². The molecule has 1 rings (SSSR count). The lowest BCUT2D eigenvalue weighted by Gasteiger charge is -2.45. The Labute approximate surface area is 76.7 Å². The van der Waals surface area contributed by atoms with Crippen molar-refractivity contribution in [2.24, 2.45) is 5.41 Å². The number of amides is 1. The molecule has 1 aliphatic rings. The van der Waals surface area contributed by atoms with Crippen LogP contribution in [0.4, 0.5) is 0 Å². The Balaban J connectivity index is 0.000000561. The molecule has 0 aromatic carbocycles. The largest absolute Gasteiger partial charge is 0.342 e. The lowest BCUT2D eigenvalue weighted by Crippen LogP contribution is -2.55. The Morgan fingerprint density at radius 1 is 1.42 bits per heavy atom. The Kier molecular flexibility index (Phi) is 4.36. The summed E-state index contributed by atoms with van der Waals surface area (Å²) in [5, 5.41) is 0. The molecule has 2 radical (unpaired) electrons. The van der Waals surface area contributed by atoms with E-state index in [1.807, 2.05) is 13.8 Å². The first-order valence-corrected chi connectivity index (χ1v) is 4.53. The quantitative estimate of drug-likeness (QED) is 0.541. The first kappa shape index (κ1) is 11.5. The Morgan fingerprint density at radius 3 is 2.08 bits per heavy atom. The van der Waals surface area contributed by atoms with Gasteiger partial charge in [0, 0.05) is 13.1 Å². The molecular weight excluding hydrogens is 149 g/mol. The van der Waals surface area contributed by atoms with E-state index in [-0.39, 0.29) is 12.2 Å². The highest BCUT2D eigenvalue weighted by atomic mass is 16.2. The molecule has 1 fully saturated rings. The molecule has 0 bridgehead atoms. The van der Waals surface area contributed by atoms with Crippen molar-refractivity contribution < 1.29 is 4.79 Å². The van der Waals surface area contributed by atoms with E-state index in [1.165, 1.54) is 0 Å². The number of hydrogen-bond acceptors (Lipinski definition) is 1. The maximum absolute atomic E-state index is 10.9. The van der Waals surface area contributed by atoms with Crippen molar-refractivity contribution in [2.75, 3.05) is 13.1 Å². The summed E-state index contributed by atoms with van der Waals surface area (Å²) in [7, 11) is 5.18. The van der Waals surface area contributed by atoms with E-state index in [2.05, 4.69) is 13.8 Å². The van der Waals surface area contributed by atoms with Gasteiger partial charge in [0.15, 0.2) is 0 Å². The van der Waals surface area contributed by atoms with Gasteiger partial charge in [-0.3, -0.25) is 4.79 Å². The van der Waals surface area contributed by atoms with Crippen LogP contribution in [0.15, 0.2) is 0 Å². The summed E-state index contributed by atoms with van der Waals surface area (Å²) in [6.45, 7) is 10.0. The van der Waals surface area contributed by atoms with Crippen LogP contribution in [0, 0.1) is 5.41 Å². The van der Waals surface area contributed by atoms with Crippen LogP contribution in [0.2, 0.25) is 6.32 Å². The summed E-state index contributed by atoms with van der Waals surface area (Å²) in [5.74, 6) is 0.0688. The third kappa shape index (κ3) is 2.88. The van der Waals surface area contributed by atoms with Gasteiger partial charge in [0.1, 0.15) is 0 Å². The Bertz CT molecular complexity index is 149. The second-order valence-electron chi connectivity index (χ2n) is 3.62. The molecule has 0 atom stereocenters. The van der Waals surface area contributed by atoms with Crippen molar-refractivity contribution in [1.29, 1.82) is 0 Å². The van der Waals surface area contributed by atoms with Crippen LogP contribution in [0.5, 0.6) is 0 Å². The van der Waals surface area contributed by atoms with Crippen LogP contribution in [-0.4, -0.2) is 31.7 Å². The minimum Gasteiger partial charge on any atom is -0.342 e. The molecule has 1 amide bonds. The fourth-order valence-electron chi connectivity index (χ4n) is 1.29. The highest BCUT2D eigenvalue weighted by molar-refractivity contribution is 6.19. The van der Waals surface area contributed by atoms with Gasteiger partial charge in [-0.25, -0.2) is 0 Å². The minimum absolute atomic E-state index is 0.0688. The maximum Gasteiger partial charge on any atom is 0.213 e. The van der Waals surface area contributed by atoms with E-state index in [0.717, 1.165) is 13.1 Å². The second-order valence-corrected chi connectivity index (χ2v) is 3.62. The Morgan fingerprint density at radius 2 is 1.83 bits per heavy atom. The number of nitrogens with zero attached hydrogens (tertiary/aromatic N) is 1. The highest BCUT2D eigenvalue weighted by Crippen LogP contribution is 2.28. The van der Waals surface area contributed by atoms with Gasteiger partial charge in [0.2, 0.25) is 5.91 Å². The van der Waals surface area contributed by atoms with Crippen molar-refractivity contribution >= 4 is 13.8 Å². The SMILES string of the molecule is CC.[B]CC(=O)N1CC(C)(C)C1. The molecule has 0 aliphatic carbocycles. The van der Waals surface area contributed by atoms with Gasteiger partial charge >= 0.3 is 0 Å². The third-order valence-electron chi connectivity index (χ3n) is 1.77. The van der Waals surface area contributed by atoms with Crippen molar-refractivity contribution in [3.05, 3.63) is 0 Å². The number of likely N-dealkylation sites (tertiary alicyclic amines) is 1. The number of carbonyl (C=O) groups excluding carboxylic acids is 1. The first-order valence-electron chi connectivity index (χ1n) is 4.53. The molecule has 1 saturated heterocycles. The van der Waals surface area contributed by atoms with Crippen LogP contribution in [0.1, 0.15) is 27.7 Å². The molecule has 2 nitrogen and oxygen atoms in total. The molecule has 3 heteroatoms. The predicted molar refractivity (Wildman–Crippen MR) is 52.3 cm³/mol. The fraction of sp³-hybridized carbons (Fsp3) is 0.889. The molecule has 0 aromatic heterocycles. The summed E-state index contributed by atoms with van der Waals surface area (Å²) >= 11 is 0. The minimum atomic E-state index is 0.0688. The molecule has 0 N–H and O–H groups in total. The van der Waals surface area contributed by atoms with Crippen LogP contribution in [0.3, 0.4) is 0 Å². The predicted octanol–water partition coefficient (Wildman–Crippen LogP) is 1.47. The smallest absolute Gasteiger partial charge is 0.213 e. The van der Waals surface area contributed by atoms with Gasteiger partial charge in [0.05, 0.1) is 7.85 Å². The zero-order valence-electron chi connectivity index (χ0n) is 8.55. The fourth-order valence-corrected chi connectivity index (χ4v) is 1.29. The zero-order chi connectivity index (χ0) is 9.78. The first-order chi connectivity index (χ1) is 5.55. The molecule has 68 valence electrons. The average Bonchev–Trinajstić information content (AvgIpc) is 2.02. The topological polar surface area (TPSA) is 20.3 Å². The van der Waals surface area contributed by atoms with Crippen LogP contribution < -0.4 is 0 Å². The van der Waals surface area contributed by atoms with Gasteiger partial charge in [-0.15, -0.1) is 0 Å². The molecular formula is C9H18BNO. The van der Waals surface area contributed by atoms with E-state index in [1.54, 1.807) is 4.90 Å². The van der Waals surface area contributed by atoms with Crippen molar-refractivity contribution in [3.63, 3.8) is 0 Å². The van der Waals surface area contributed by atoms with Crippen LogP contribution in [-0.2, 0) is 4.79 Å². The van der Waals surface area contributed by atoms with Gasteiger partial charge in [-0.05, 0) is 11.7 Å². The standard InChI is InChI=1S/C7H12BNO.C2H6/c1-7(2)4-9(5-7)6(10)3-8;1-2/h3-5H2,1-2H3;1-2H3. The van der Waals surface area contributed by atoms with E-state index < -0.39 is 0 Å². The molecule has 1 heterocycles. The molecule has 12 heavy (non-hydrogen) atoms. The van der Waals surface area contributed by atoms with E-state index >= 15 is 0 Å². The summed E-state index contributed by atoms with van der Waals surface area (Å²) < 4.78 is 0. The second kappa shape index (κ2) is 4.53. The molecule has 0 spiro atoms. The molecule has 0 aromatic rings. The highest BCUT2D eigenvalue weighted by Gasteiger charge is 2.35. The van der Waals surface area contributed by atoms with Gasteiger partial charge in [-0.2, -0.15) is 0 Å². The molecule has 0 saturated carbocycles. The summed E-state index contributed by atoms with van der Waals surface area (Å²) in [6, 6.07) is 0. The van der Waals surface area contributed by atoms with Gasteiger partial charge < -0.3 is 4.90 Å². The lowest BCUT2D eigenvalue weighted by atomic mass is 9.83. The van der Waals surface area contributed by atoms with E-state index in [9.17, 15) is 4.79 Å². The zero-order valence-corrected chi connectivity index (χ0v) is 8.55. The normalized spacial score (nSPS) is 18.8. The van der Waals surface area contributed by atoms with Gasteiger partial charge in [0.25, 0.3) is 0 Å². The van der Waals surface area contributed by atoms with Crippen molar-refractivity contribution in [2.45, 2.75) is 34.0 Å². The van der Waals surface area contributed by atoms with Gasteiger partial charge in [-0.1, -0.05) is 27.7 Å². The van der Waals surface area contributed by atoms with E-state index in [0.29, 0.717) is 5.41 Å². The lowest BCUT2D eigenvalue weighted by molar-refractivity contribution is -0.138. The molecule has 1 aliphatic heterocycles. The van der Waals surface area contributed by atoms with Crippen molar-refractivity contribution in [3.8, 4) is 0 Å². The van der Waals surface area contributed by atoms with Crippen LogP contribution in [0.25, 0.3) is 0 Å². The number of hydrogen-bond donors (Lipinski definition) is 0. The van der Waals surface area contributed by atoms with E-state index in [4.69, 9.17) is 7.85 Å². The number of carbonyl (C=O) groups is 1. The summed E-state index contributed by atoms with van der Waals surface area (Å²) in [4.78, 5) is 12.7. The molecule has 0 unspecified atom stereocenters. The Hall–Kier alpha value is -0.465. The monoisotopic (exact) mass is 167 g/mol. The summed E-state index contributed by atoms with van der Waals surface area (Å²) in [6.07, 6.45) is 0.149. The maximum atomic E-state index is 10.9. The summed E-state index contributed by atoms with van der Waals surface area (Å²) in [5.41, 5.74) is 0.324. The number of rotatable bonds is 1. The average molecular weight is 167 g/mol. The third-order valence-corrected chi connectivity index (χ3v) is 1.77. The van der Waals surface area contributed by atoms with Crippen LogP contribution >= 0.6 is 0 Å².